The number of carboxylic acid groups (broad SMARTS) is 1. The fourth-order valence-electron chi connectivity index (χ4n) is 14.4. The third-order valence-corrected chi connectivity index (χ3v) is 17.4. The minimum atomic E-state index is -1.17. The standard InChI is InChI=1S/C44H66N2O7/c1-25(2)35-30(48)21-44(37(50)46-27-11-12-28(46)24-45(23-27)26(3)47)20-19-42(9)29(36(35)44)13-14-32-41(8)17-16-33(53-34(49)22-39(4,5)38(51)52)40(6,7)31(41)15-18-43(32,42)10/h25,27-29,31-33H,11-24H2,1-10H3,(H,51,52)/t27?,28?,29?,31?,32?,33-,41-,42+,43+,44+/m0/s1. The molecule has 7 rings (SSSR count). The molecule has 0 radical (unpaired) electrons. The monoisotopic (exact) mass is 734 g/mol. The quantitative estimate of drug-likeness (QED) is 0.279. The van der Waals surface area contributed by atoms with Crippen LogP contribution in [0.1, 0.15) is 146 Å². The SMILES string of the molecule is CC(=O)N1CC2CCC(C1)N2C(=O)[C@@]12CC[C@]3(C)C(CCC4[C@@]5(C)CC[C@H](OC(=O)CC(C)(C)C(=O)O)C(C)(C)C5CC[C@]43C)C1=C(C(C)C)C(=O)C2. The number of ether oxygens (including phenoxy) is 1. The van der Waals surface area contributed by atoms with Crippen molar-refractivity contribution in [2.45, 2.75) is 164 Å². The van der Waals surface area contributed by atoms with Crippen molar-refractivity contribution in [1.29, 1.82) is 0 Å². The summed E-state index contributed by atoms with van der Waals surface area (Å²) in [6.07, 6.45) is 9.17. The van der Waals surface area contributed by atoms with Crippen LogP contribution in [0.3, 0.4) is 0 Å². The Balaban J connectivity index is 1.19. The van der Waals surface area contributed by atoms with Crippen LogP contribution in [0.25, 0.3) is 0 Å². The van der Waals surface area contributed by atoms with Gasteiger partial charge in [-0.1, -0.05) is 48.5 Å². The molecule has 1 N–H and O–H groups in total. The molecule has 5 unspecified atom stereocenters. The van der Waals surface area contributed by atoms with E-state index >= 15 is 4.79 Å². The number of carbonyl (C=O) groups excluding carboxylic acids is 4. The second-order valence-electron chi connectivity index (χ2n) is 21.0. The first-order chi connectivity index (χ1) is 24.5. The molecule has 5 aliphatic carbocycles. The number of nitrogens with zero attached hydrogens (tertiary/aromatic N) is 2. The van der Waals surface area contributed by atoms with Gasteiger partial charge in [0.25, 0.3) is 0 Å². The zero-order chi connectivity index (χ0) is 38.8. The summed E-state index contributed by atoms with van der Waals surface area (Å²) in [4.78, 5) is 70.8. The molecule has 0 aromatic rings. The van der Waals surface area contributed by atoms with Gasteiger partial charge >= 0.3 is 11.9 Å². The summed E-state index contributed by atoms with van der Waals surface area (Å²) in [7, 11) is 0. The minimum Gasteiger partial charge on any atom is -0.481 e. The fraction of sp³-hybridized carbons (Fsp3) is 0.841. The van der Waals surface area contributed by atoms with Gasteiger partial charge in [-0.25, -0.2) is 0 Å². The number of rotatable bonds is 6. The Bertz CT molecular complexity index is 1630. The van der Waals surface area contributed by atoms with Crippen LogP contribution in [0.5, 0.6) is 0 Å². The second-order valence-corrected chi connectivity index (χ2v) is 21.0. The highest BCUT2D eigenvalue weighted by Crippen LogP contribution is 2.77. The number of hydrogen-bond donors (Lipinski definition) is 1. The van der Waals surface area contributed by atoms with E-state index in [0.717, 1.165) is 63.4 Å². The summed E-state index contributed by atoms with van der Waals surface area (Å²) < 4.78 is 6.17. The van der Waals surface area contributed by atoms with Gasteiger partial charge in [0.2, 0.25) is 11.8 Å². The van der Waals surface area contributed by atoms with Crippen LogP contribution in [-0.4, -0.2) is 75.7 Å². The van der Waals surface area contributed by atoms with Gasteiger partial charge in [-0.2, -0.15) is 0 Å². The summed E-state index contributed by atoms with van der Waals surface area (Å²) >= 11 is 0. The second kappa shape index (κ2) is 12.4. The molecule has 2 aliphatic heterocycles. The van der Waals surface area contributed by atoms with Gasteiger partial charge in [0.05, 0.1) is 17.3 Å². The molecule has 2 bridgehead atoms. The summed E-state index contributed by atoms with van der Waals surface area (Å²) in [5.41, 5.74) is -0.119. The van der Waals surface area contributed by atoms with Crippen LogP contribution in [0.4, 0.5) is 0 Å². The molecule has 0 spiro atoms. The van der Waals surface area contributed by atoms with Crippen molar-refractivity contribution in [3.63, 3.8) is 0 Å². The smallest absolute Gasteiger partial charge is 0.309 e. The summed E-state index contributed by atoms with van der Waals surface area (Å²) in [6, 6.07) is 0.0503. The molecule has 7 aliphatic rings. The number of amides is 2. The Morgan fingerprint density at radius 2 is 1.49 bits per heavy atom. The van der Waals surface area contributed by atoms with Crippen LogP contribution in [0, 0.1) is 56.2 Å². The number of hydrogen-bond acceptors (Lipinski definition) is 6. The van der Waals surface area contributed by atoms with Crippen molar-refractivity contribution in [3.8, 4) is 0 Å². The number of allylic oxidation sites excluding steroid dienone is 1. The lowest BCUT2D eigenvalue weighted by Gasteiger charge is -2.72. The normalized spacial score (nSPS) is 41.8. The average Bonchev–Trinajstić information content (AvgIpc) is 3.51. The number of aliphatic carboxylic acids is 1. The highest BCUT2D eigenvalue weighted by Gasteiger charge is 2.71. The number of ketones is 1. The third-order valence-electron chi connectivity index (χ3n) is 17.4. The Labute approximate surface area is 317 Å². The number of Topliss-reactive ketones (excluding diaryl/α,β-unsaturated/α-hetero) is 1. The molecule has 9 heteroatoms. The summed E-state index contributed by atoms with van der Waals surface area (Å²) in [5.74, 6) is 0.0133. The molecule has 294 valence electrons. The largest absolute Gasteiger partial charge is 0.481 e. The van der Waals surface area contributed by atoms with Crippen molar-refractivity contribution in [3.05, 3.63) is 11.1 Å². The van der Waals surface area contributed by atoms with Gasteiger partial charge in [0, 0.05) is 43.9 Å². The van der Waals surface area contributed by atoms with E-state index in [2.05, 4.69) is 53.4 Å². The lowest BCUT2D eigenvalue weighted by atomic mass is 9.33. The van der Waals surface area contributed by atoms with Gasteiger partial charge in [-0.05, 0) is 129 Å². The van der Waals surface area contributed by atoms with Crippen LogP contribution in [-0.2, 0) is 28.7 Å². The summed E-state index contributed by atoms with van der Waals surface area (Å²) in [5, 5.41) is 9.62. The van der Waals surface area contributed by atoms with Crippen molar-refractivity contribution in [2.75, 3.05) is 13.1 Å². The maximum atomic E-state index is 15.2. The maximum absolute atomic E-state index is 15.2. The van der Waals surface area contributed by atoms with Crippen LogP contribution in [0.15, 0.2) is 11.1 Å². The molecule has 6 fully saturated rings. The fourth-order valence-corrected chi connectivity index (χ4v) is 14.4. The minimum absolute atomic E-state index is 0.00828. The highest BCUT2D eigenvalue weighted by molar-refractivity contribution is 6.07. The van der Waals surface area contributed by atoms with Crippen LogP contribution >= 0.6 is 0 Å². The van der Waals surface area contributed by atoms with Gasteiger partial charge in [0.15, 0.2) is 5.78 Å². The molecule has 2 amide bonds. The average molecular weight is 735 g/mol. The molecule has 2 saturated heterocycles. The number of carboxylic acids is 1. The van der Waals surface area contributed by atoms with Crippen molar-refractivity contribution >= 4 is 29.5 Å². The summed E-state index contributed by atoms with van der Waals surface area (Å²) in [6.45, 7) is 22.3. The van der Waals surface area contributed by atoms with E-state index in [0.29, 0.717) is 37.8 Å². The molecule has 10 atom stereocenters. The van der Waals surface area contributed by atoms with Gasteiger partial charge in [0.1, 0.15) is 6.10 Å². The third kappa shape index (κ3) is 5.37. The number of piperazine rings is 1. The van der Waals surface area contributed by atoms with E-state index in [1.54, 1.807) is 20.8 Å². The highest BCUT2D eigenvalue weighted by atomic mass is 16.5. The lowest BCUT2D eigenvalue weighted by molar-refractivity contribution is -0.233. The first-order valence-electron chi connectivity index (χ1n) is 20.8. The molecule has 53 heavy (non-hydrogen) atoms. The predicted octanol–water partition coefficient (Wildman–Crippen LogP) is 7.60. The molecule has 2 heterocycles. The predicted molar refractivity (Wildman–Crippen MR) is 201 cm³/mol. The Morgan fingerprint density at radius 3 is 2.08 bits per heavy atom. The van der Waals surface area contributed by atoms with E-state index in [1.165, 1.54) is 5.57 Å². The Hall–Kier alpha value is -2.71. The molecule has 9 nitrogen and oxygen atoms in total. The zero-order valence-electron chi connectivity index (χ0n) is 34.2. The van der Waals surface area contributed by atoms with Crippen LogP contribution in [0.2, 0.25) is 0 Å². The topological polar surface area (TPSA) is 121 Å². The van der Waals surface area contributed by atoms with Crippen molar-refractivity contribution in [1.82, 2.24) is 9.80 Å². The van der Waals surface area contributed by atoms with E-state index in [1.807, 2.05) is 4.90 Å². The number of carbonyl (C=O) groups is 5. The first kappa shape index (κ1) is 38.6. The zero-order valence-corrected chi connectivity index (χ0v) is 34.2. The number of fused-ring (bicyclic) bond motifs is 9. The molecular formula is C44H66N2O7. The molecular weight excluding hydrogens is 668 g/mol. The molecule has 4 saturated carbocycles. The van der Waals surface area contributed by atoms with E-state index in [-0.39, 0.29) is 75.7 Å². The van der Waals surface area contributed by atoms with Gasteiger partial charge < -0.3 is 19.6 Å². The molecule has 0 aromatic heterocycles. The van der Waals surface area contributed by atoms with Gasteiger partial charge in [-0.15, -0.1) is 0 Å². The number of likely N-dealkylation sites (tertiary alicyclic amines) is 1. The maximum Gasteiger partial charge on any atom is 0.309 e. The van der Waals surface area contributed by atoms with Gasteiger partial charge in [-0.3, -0.25) is 24.0 Å². The van der Waals surface area contributed by atoms with E-state index in [9.17, 15) is 24.3 Å². The van der Waals surface area contributed by atoms with Crippen LogP contribution < -0.4 is 0 Å². The van der Waals surface area contributed by atoms with Crippen molar-refractivity contribution < 1.29 is 33.8 Å². The Kier molecular flexibility index (Phi) is 9.02. The lowest BCUT2D eigenvalue weighted by Crippen LogP contribution is -2.67. The number of esters is 1. The Morgan fingerprint density at radius 1 is 0.849 bits per heavy atom. The van der Waals surface area contributed by atoms with Crippen molar-refractivity contribution in [2.24, 2.45) is 56.2 Å². The van der Waals surface area contributed by atoms with E-state index < -0.39 is 22.8 Å². The molecule has 0 aromatic carbocycles. The van der Waals surface area contributed by atoms with E-state index in [4.69, 9.17) is 4.74 Å². The first-order valence-corrected chi connectivity index (χ1v) is 20.8.